The number of carbonyl (C=O) groups is 1. The van der Waals surface area contributed by atoms with Gasteiger partial charge in [0.05, 0.1) is 0 Å². The topological polar surface area (TPSA) is 63.2 Å². The maximum absolute atomic E-state index is 12.2. The molecule has 1 aromatic heterocycles. The van der Waals surface area contributed by atoms with Gasteiger partial charge in [0, 0.05) is 60.2 Å². The van der Waals surface area contributed by atoms with Crippen molar-refractivity contribution < 1.29 is 9.53 Å². The first-order chi connectivity index (χ1) is 11.8. The van der Waals surface area contributed by atoms with Crippen LogP contribution in [0.4, 0.5) is 5.69 Å². The van der Waals surface area contributed by atoms with Crippen molar-refractivity contribution in [2.75, 3.05) is 23.4 Å². The van der Waals surface area contributed by atoms with Gasteiger partial charge in [0.2, 0.25) is 5.91 Å². The number of nitrogens with zero attached hydrogens (tertiary/aromatic N) is 1. The van der Waals surface area contributed by atoms with Crippen molar-refractivity contribution in [1.29, 1.82) is 0 Å². The zero-order valence-corrected chi connectivity index (χ0v) is 14.2. The van der Waals surface area contributed by atoms with E-state index in [1.165, 1.54) is 0 Å². The van der Waals surface area contributed by atoms with E-state index in [4.69, 9.17) is 4.74 Å². The molecule has 1 atom stereocenters. The minimum Gasteiger partial charge on any atom is -0.489 e. The van der Waals surface area contributed by atoms with Gasteiger partial charge in [0.1, 0.15) is 12.4 Å². The first-order valence-electron chi connectivity index (χ1n) is 8.02. The zero-order chi connectivity index (χ0) is 16.6. The fourth-order valence-corrected chi connectivity index (χ4v) is 3.45. The Morgan fingerprint density at radius 2 is 2.33 bits per heavy atom. The van der Waals surface area contributed by atoms with Gasteiger partial charge in [-0.25, -0.2) is 0 Å². The van der Waals surface area contributed by atoms with Crippen LogP contribution in [-0.2, 0) is 11.4 Å². The lowest BCUT2D eigenvalue weighted by molar-refractivity contribution is -0.116. The van der Waals surface area contributed by atoms with E-state index >= 15 is 0 Å². The summed E-state index contributed by atoms with van der Waals surface area (Å²) in [6.45, 7) is 1.43. The van der Waals surface area contributed by atoms with Gasteiger partial charge in [-0.3, -0.25) is 9.78 Å². The largest absolute Gasteiger partial charge is 0.489 e. The van der Waals surface area contributed by atoms with Crippen molar-refractivity contribution in [2.45, 2.75) is 19.1 Å². The molecule has 2 heterocycles. The molecule has 2 aromatic rings. The molecule has 1 aromatic carbocycles. The van der Waals surface area contributed by atoms with Crippen molar-refractivity contribution >= 4 is 23.4 Å². The number of rotatable bonds is 6. The highest BCUT2D eigenvalue weighted by molar-refractivity contribution is 7.99. The number of aromatic nitrogens is 1. The summed E-state index contributed by atoms with van der Waals surface area (Å²) in [6, 6.07) is 11.6. The van der Waals surface area contributed by atoms with Crippen LogP contribution in [0.1, 0.15) is 12.0 Å². The minimum atomic E-state index is 0.0272. The van der Waals surface area contributed by atoms with E-state index in [-0.39, 0.29) is 11.9 Å². The lowest BCUT2D eigenvalue weighted by Crippen LogP contribution is -2.39. The van der Waals surface area contributed by atoms with Gasteiger partial charge in [0.25, 0.3) is 0 Å². The van der Waals surface area contributed by atoms with Crippen molar-refractivity contribution in [1.82, 2.24) is 10.3 Å². The maximum Gasteiger partial charge on any atom is 0.225 e. The van der Waals surface area contributed by atoms with Crippen molar-refractivity contribution in [2.24, 2.45) is 0 Å². The van der Waals surface area contributed by atoms with Crippen LogP contribution in [0.3, 0.4) is 0 Å². The summed E-state index contributed by atoms with van der Waals surface area (Å²) >= 11 is 1.89. The van der Waals surface area contributed by atoms with Crippen LogP contribution >= 0.6 is 11.8 Å². The highest BCUT2D eigenvalue weighted by Gasteiger charge is 2.16. The monoisotopic (exact) mass is 343 g/mol. The van der Waals surface area contributed by atoms with Crippen molar-refractivity contribution in [3.8, 4) is 5.75 Å². The second kappa shape index (κ2) is 8.70. The van der Waals surface area contributed by atoms with Crippen LogP contribution in [-0.4, -0.2) is 35.0 Å². The van der Waals surface area contributed by atoms with E-state index < -0.39 is 0 Å². The molecule has 24 heavy (non-hydrogen) atoms. The summed E-state index contributed by atoms with van der Waals surface area (Å²) in [6.07, 6.45) is 4.01. The molecule has 126 valence electrons. The standard InChI is InChI=1S/C18H21N3O2S/c22-18(10-16-13-24-8-7-20-16)21-15-4-1-5-17(9-15)23-12-14-3-2-6-19-11-14/h1-6,9,11,16,20H,7-8,10,12-13H2,(H,21,22). The van der Waals surface area contributed by atoms with Crippen LogP contribution in [0, 0.1) is 0 Å². The molecule has 6 heteroatoms. The second-order valence-electron chi connectivity index (χ2n) is 5.66. The van der Waals surface area contributed by atoms with E-state index in [1.807, 2.05) is 48.2 Å². The number of thioether (sulfide) groups is 1. The molecule has 1 aliphatic rings. The molecule has 5 nitrogen and oxygen atoms in total. The summed E-state index contributed by atoms with van der Waals surface area (Å²) in [5, 5.41) is 6.32. The zero-order valence-electron chi connectivity index (χ0n) is 13.4. The summed E-state index contributed by atoms with van der Waals surface area (Å²) in [4.78, 5) is 16.2. The number of hydrogen-bond acceptors (Lipinski definition) is 5. The highest BCUT2D eigenvalue weighted by atomic mass is 32.2. The average Bonchev–Trinajstić information content (AvgIpc) is 2.62. The number of nitrogens with one attached hydrogen (secondary N) is 2. The Labute approximate surface area is 146 Å². The molecule has 0 bridgehead atoms. The summed E-state index contributed by atoms with van der Waals surface area (Å²) in [5.74, 6) is 2.86. The van der Waals surface area contributed by atoms with E-state index in [0.717, 1.165) is 35.1 Å². The number of pyridine rings is 1. The Balaban J connectivity index is 1.51. The van der Waals surface area contributed by atoms with Crippen LogP contribution < -0.4 is 15.4 Å². The van der Waals surface area contributed by atoms with Crippen LogP contribution in [0.5, 0.6) is 5.75 Å². The quantitative estimate of drug-likeness (QED) is 0.844. The number of carbonyl (C=O) groups excluding carboxylic acids is 1. The van der Waals surface area contributed by atoms with Gasteiger partial charge in [-0.15, -0.1) is 0 Å². The Bertz CT molecular complexity index is 660. The Hall–Kier alpha value is -2.05. The third kappa shape index (κ3) is 5.25. The molecule has 2 N–H and O–H groups in total. The molecule has 1 aliphatic heterocycles. The first kappa shape index (κ1) is 16.8. The van der Waals surface area contributed by atoms with Crippen molar-refractivity contribution in [3.05, 3.63) is 54.4 Å². The number of anilines is 1. The Morgan fingerprint density at radius 1 is 1.38 bits per heavy atom. The normalized spacial score (nSPS) is 17.2. The van der Waals surface area contributed by atoms with Gasteiger partial charge >= 0.3 is 0 Å². The summed E-state index contributed by atoms with van der Waals surface area (Å²) in [7, 11) is 0. The fourth-order valence-electron chi connectivity index (χ4n) is 2.50. The number of hydrogen-bond donors (Lipinski definition) is 2. The van der Waals surface area contributed by atoms with E-state index in [0.29, 0.717) is 13.0 Å². The van der Waals surface area contributed by atoms with Gasteiger partial charge in [0.15, 0.2) is 0 Å². The number of amides is 1. The second-order valence-corrected chi connectivity index (χ2v) is 6.81. The fraction of sp³-hybridized carbons (Fsp3) is 0.333. The number of ether oxygens (including phenoxy) is 1. The molecule has 0 aliphatic carbocycles. The molecule has 1 amide bonds. The van der Waals surface area contributed by atoms with Crippen LogP contribution in [0.25, 0.3) is 0 Å². The van der Waals surface area contributed by atoms with Gasteiger partial charge < -0.3 is 15.4 Å². The average molecular weight is 343 g/mol. The molecule has 0 spiro atoms. The molecular weight excluding hydrogens is 322 g/mol. The maximum atomic E-state index is 12.2. The van der Waals surface area contributed by atoms with Gasteiger partial charge in [-0.05, 0) is 18.2 Å². The minimum absolute atomic E-state index is 0.0272. The predicted octanol–water partition coefficient (Wildman–Crippen LogP) is 2.69. The molecular formula is C18H21N3O2S. The Kier molecular flexibility index (Phi) is 6.09. The summed E-state index contributed by atoms with van der Waals surface area (Å²) < 4.78 is 5.76. The molecule has 0 saturated carbocycles. The SMILES string of the molecule is O=C(CC1CSCCN1)Nc1cccc(OCc2cccnc2)c1. The lowest BCUT2D eigenvalue weighted by Gasteiger charge is -2.22. The molecule has 1 fully saturated rings. The Morgan fingerprint density at radius 3 is 3.12 bits per heavy atom. The van der Waals surface area contributed by atoms with Crippen molar-refractivity contribution in [3.63, 3.8) is 0 Å². The van der Waals surface area contributed by atoms with E-state index in [2.05, 4.69) is 15.6 Å². The van der Waals surface area contributed by atoms with E-state index in [9.17, 15) is 4.79 Å². The van der Waals surface area contributed by atoms with Gasteiger partial charge in [-0.1, -0.05) is 12.1 Å². The smallest absolute Gasteiger partial charge is 0.225 e. The molecule has 1 saturated heterocycles. The third-order valence-electron chi connectivity index (χ3n) is 3.68. The predicted molar refractivity (Wildman–Crippen MR) is 97.4 cm³/mol. The molecule has 0 radical (unpaired) electrons. The van der Waals surface area contributed by atoms with Crippen LogP contribution in [0.15, 0.2) is 48.8 Å². The van der Waals surface area contributed by atoms with E-state index in [1.54, 1.807) is 12.4 Å². The summed E-state index contributed by atoms with van der Waals surface area (Å²) in [5.41, 5.74) is 1.76. The first-order valence-corrected chi connectivity index (χ1v) is 9.18. The van der Waals surface area contributed by atoms with Gasteiger partial charge in [-0.2, -0.15) is 11.8 Å². The lowest BCUT2D eigenvalue weighted by atomic mass is 10.2. The number of benzene rings is 1. The van der Waals surface area contributed by atoms with Crippen LogP contribution in [0.2, 0.25) is 0 Å². The highest BCUT2D eigenvalue weighted by Crippen LogP contribution is 2.19. The molecule has 1 unspecified atom stereocenters. The third-order valence-corrected chi connectivity index (χ3v) is 4.81. The molecule has 3 rings (SSSR count).